The number of benzene rings is 2. The van der Waals surface area contributed by atoms with E-state index in [4.69, 9.17) is 14.2 Å². The molecule has 0 bridgehead atoms. The Hall–Kier alpha value is -3.32. The first kappa shape index (κ1) is 22.4. The van der Waals surface area contributed by atoms with Gasteiger partial charge in [0.2, 0.25) is 0 Å². The zero-order chi connectivity index (χ0) is 21.9. The van der Waals surface area contributed by atoms with Crippen molar-refractivity contribution in [3.8, 4) is 11.5 Å². The maximum absolute atomic E-state index is 12.4. The van der Waals surface area contributed by atoms with E-state index in [1.807, 2.05) is 54.8 Å². The number of amides is 1. The van der Waals surface area contributed by atoms with Gasteiger partial charge in [-0.3, -0.25) is 9.59 Å². The molecule has 3 aromatic rings. The standard InChI is InChI=1S/C24H25NO5S/c1-2-28-19-10-12-20(13-11-19)29-15-14-23(27)30-17-22(26)25-24(21-9-6-16-31-21)18-7-4-3-5-8-18/h3-13,16,24H,2,14-15,17H2,1H3,(H,25,26). The highest BCUT2D eigenvalue weighted by Gasteiger charge is 2.18. The van der Waals surface area contributed by atoms with E-state index >= 15 is 0 Å². The molecule has 0 fully saturated rings. The zero-order valence-electron chi connectivity index (χ0n) is 17.3. The lowest BCUT2D eigenvalue weighted by Gasteiger charge is -2.18. The molecule has 7 heteroatoms. The van der Waals surface area contributed by atoms with E-state index in [1.165, 1.54) is 0 Å². The van der Waals surface area contributed by atoms with E-state index in [-0.39, 0.29) is 31.6 Å². The minimum Gasteiger partial charge on any atom is -0.494 e. The van der Waals surface area contributed by atoms with Gasteiger partial charge >= 0.3 is 5.97 Å². The van der Waals surface area contributed by atoms with Gasteiger partial charge in [0, 0.05) is 4.88 Å². The molecule has 2 aromatic carbocycles. The molecule has 1 aromatic heterocycles. The minimum absolute atomic E-state index is 0.0491. The molecule has 0 aliphatic heterocycles. The van der Waals surface area contributed by atoms with Crippen LogP contribution in [-0.4, -0.2) is 31.7 Å². The Morgan fingerprint density at radius 3 is 2.29 bits per heavy atom. The third kappa shape index (κ3) is 7.15. The maximum Gasteiger partial charge on any atom is 0.309 e. The highest BCUT2D eigenvalue weighted by Crippen LogP contribution is 2.25. The summed E-state index contributed by atoms with van der Waals surface area (Å²) in [6, 6.07) is 20.5. The normalized spacial score (nSPS) is 11.4. The van der Waals surface area contributed by atoms with E-state index in [1.54, 1.807) is 35.6 Å². The van der Waals surface area contributed by atoms with Crippen LogP contribution in [0, 0.1) is 0 Å². The van der Waals surface area contributed by atoms with Gasteiger partial charge in [-0.25, -0.2) is 0 Å². The van der Waals surface area contributed by atoms with E-state index in [2.05, 4.69) is 5.32 Å². The van der Waals surface area contributed by atoms with Gasteiger partial charge in [0.25, 0.3) is 5.91 Å². The third-order valence-corrected chi connectivity index (χ3v) is 5.28. The highest BCUT2D eigenvalue weighted by atomic mass is 32.1. The fourth-order valence-electron chi connectivity index (χ4n) is 2.89. The molecule has 31 heavy (non-hydrogen) atoms. The summed E-state index contributed by atoms with van der Waals surface area (Å²) in [5, 5.41) is 4.90. The average Bonchev–Trinajstić information content (AvgIpc) is 3.33. The average molecular weight is 440 g/mol. The van der Waals surface area contributed by atoms with E-state index in [0.717, 1.165) is 16.2 Å². The fraction of sp³-hybridized carbons (Fsp3) is 0.250. The lowest BCUT2D eigenvalue weighted by atomic mass is 10.1. The van der Waals surface area contributed by atoms with Gasteiger partial charge in [0.05, 0.1) is 25.7 Å². The monoisotopic (exact) mass is 439 g/mol. The summed E-state index contributed by atoms with van der Waals surface area (Å²) in [5.74, 6) is 0.545. The molecule has 0 aliphatic rings. The van der Waals surface area contributed by atoms with E-state index in [0.29, 0.717) is 12.4 Å². The van der Waals surface area contributed by atoms with Crippen molar-refractivity contribution in [3.05, 3.63) is 82.6 Å². The van der Waals surface area contributed by atoms with E-state index in [9.17, 15) is 9.59 Å². The molecule has 0 aliphatic carbocycles. The fourth-order valence-corrected chi connectivity index (χ4v) is 3.69. The number of ether oxygens (including phenoxy) is 3. The molecule has 1 N–H and O–H groups in total. The summed E-state index contributed by atoms with van der Waals surface area (Å²) in [6.45, 7) is 2.34. The number of thiophene rings is 1. The molecule has 1 atom stereocenters. The number of rotatable bonds is 11. The Balaban J connectivity index is 1.42. The van der Waals surface area contributed by atoms with Crippen LogP contribution in [0.1, 0.15) is 29.8 Å². The summed E-state index contributed by atoms with van der Waals surface area (Å²) < 4.78 is 16.0. The molecule has 6 nitrogen and oxygen atoms in total. The van der Waals surface area contributed by atoms with Crippen LogP contribution in [0.15, 0.2) is 72.1 Å². The van der Waals surface area contributed by atoms with Crippen LogP contribution in [-0.2, 0) is 14.3 Å². The van der Waals surface area contributed by atoms with Crippen molar-refractivity contribution in [1.29, 1.82) is 0 Å². The topological polar surface area (TPSA) is 73.9 Å². The number of carbonyl (C=O) groups excluding carboxylic acids is 2. The van der Waals surface area contributed by atoms with Crippen molar-refractivity contribution >= 4 is 23.2 Å². The Labute approximate surface area is 185 Å². The van der Waals surface area contributed by atoms with Crippen molar-refractivity contribution in [2.24, 2.45) is 0 Å². The van der Waals surface area contributed by atoms with E-state index < -0.39 is 5.97 Å². The summed E-state index contributed by atoms with van der Waals surface area (Å²) >= 11 is 1.56. The number of carbonyl (C=O) groups is 2. The predicted octanol–water partition coefficient (Wildman–Crippen LogP) is 4.36. The predicted molar refractivity (Wildman–Crippen MR) is 119 cm³/mol. The summed E-state index contributed by atoms with van der Waals surface area (Å²) in [4.78, 5) is 25.4. The first-order valence-electron chi connectivity index (χ1n) is 10.0. The number of nitrogens with one attached hydrogen (secondary N) is 1. The molecule has 0 spiro atoms. The highest BCUT2D eigenvalue weighted by molar-refractivity contribution is 7.10. The van der Waals surface area contributed by atoms with Crippen LogP contribution in [0.25, 0.3) is 0 Å². The molecule has 0 saturated carbocycles. The summed E-state index contributed by atoms with van der Waals surface area (Å²) in [5.41, 5.74) is 0.966. The van der Waals surface area contributed by atoms with Gasteiger partial charge in [0.15, 0.2) is 6.61 Å². The largest absolute Gasteiger partial charge is 0.494 e. The lowest BCUT2D eigenvalue weighted by Crippen LogP contribution is -2.32. The maximum atomic E-state index is 12.4. The van der Waals surface area contributed by atoms with Crippen LogP contribution in [0.2, 0.25) is 0 Å². The van der Waals surface area contributed by atoms with Crippen LogP contribution in [0.5, 0.6) is 11.5 Å². The second kappa shape index (κ2) is 11.8. The number of hydrogen-bond acceptors (Lipinski definition) is 6. The molecule has 0 saturated heterocycles. The van der Waals surface area contributed by atoms with Crippen molar-refractivity contribution in [1.82, 2.24) is 5.32 Å². The Morgan fingerprint density at radius 1 is 0.935 bits per heavy atom. The molecule has 1 amide bonds. The molecule has 1 heterocycles. The van der Waals surface area contributed by atoms with Crippen LogP contribution in [0.3, 0.4) is 0 Å². The van der Waals surface area contributed by atoms with Crippen molar-refractivity contribution < 1.29 is 23.8 Å². The lowest BCUT2D eigenvalue weighted by molar-refractivity contribution is -0.149. The van der Waals surface area contributed by atoms with Crippen LogP contribution < -0.4 is 14.8 Å². The molecule has 0 radical (unpaired) electrons. The Bertz CT molecular complexity index is 942. The second-order valence-corrected chi connectivity index (χ2v) is 7.57. The molecule has 3 rings (SSSR count). The first-order chi connectivity index (χ1) is 15.2. The smallest absolute Gasteiger partial charge is 0.309 e. The van der Waals surface area contributed by atoms with Gasteiger partial charge < -0.3 is 19.5 Å². The summed E-state index contributed by atoms with van der Waals surface area (Å²) in [6.07, 6.45) is 0.0491. The van der Waals surface area contributed by atoms with Crippen LogP contribution >= 0.6 is 11.3 Å². The first-order valence-corrected chi connectivity index (χ1v) is 10.9. The minimum atomic E-state index is -0.492. The van der Waals surface area contributed by atoms with Gasteiger partial charge in [-0.15, -0.1) is 11.3 Å². The van der Waals surface area contributed by atoms with Gasteiger partial charge in [-0.1, -0.05) is 36.4 Å². The van der Waals surface area contributed by atoms with Gasteiger partial charge in [-0.2, -0.15) is 0 Å². The third-order valence-electron chi connectivity index (χ3n) is 4.34. The zero-order valence-corrected chi connectivity index (χ0v) is 18.1. The molecular formula is C24H25NO5S. The summed E-state index contributed by atoms with van der Waals surface area (Å²) in [7, 11) is 0. The van der Waals surface area contributed by atoms with Crippen molar-refractivity contribution in [3.63, 3.8) is 0 Å². The number of esters is 1. The van der Waals surface area contributed by atoms with Gasteiger partial charge in [0.1, 0.15) is 11.5 Å². The Kier molecular flexibility index (Phi) is 8.48. The SMILES string of the molecule is CCOc1ccc(OCCC(=O)OCC(=O)NC(c2ccccc2)c2cccs2)cc1. The molecule has 162 valence electrons. The van der Waals surface area contributed by atoms with Crippen LogP contribution in [0.4, 0.5) is 0 Å². The van der Waals surface area contributed by atoms with Gasteiger partial charge in [-0.05, 0) is 48.2 Å². The Morgan fingerprint density at radius 2 is 1.65 bits per heavy atom. The number of hydrogen-bond donors (Lipinski definition) is 1. The van der Waals surface area contributed by atoms with Crippen molar-refractivity contribution in [2.75, 3.05) is 19.8 Å². The quantitative estimate of drug-likeness (QED) is 0.449. The molecule has 1 unspecified atom stereocenters. The second-order valence-electron chi connectivity index (χ2n) is 6.59. The molecular weight excluding hydrogens is 414 g/mol. The van der Waals surface area contributed by atoms with Crippen molar-refractivity contribution in [2.45, 2.75) is 19.4 Å².